The average Bonchev–Trinajstić information content (AvgIpc) is 3.04. The molecular formula is C39H52N4O4. The molecule has 2 atom stereocenters. The molecule has 3 aromatic carbocycles. The van der Waals surface area contributed by atoms with Gasteiger partial charge in [0.15, 0.2) is 0 Å². The van der Waals surface area contributed by atoms with Crippen LogP contribution in [-0.4, -0.2) is 77.5 Å². The highest BCUT2D eigenvalue weighted by Gasteiger charge is 2.35. The number of nitrogens with one attached hydrogen (secondary N) is 1. The molecule has 47 heavy (non-hydrogen) atoms. The molecular weight excluding hydrogens is 588 g/mol. The van der Waals surface area contributed by atoms with Crippen molar-refractivity contribution in [3.05, 3.63) is 108 Å². The Hall–Kier alpha value is -4.27. The largest absolute Gasteiger partial charge is 0.396 e. The molecule has 0 unspecified atom stereocenters. The van der Waals surface area contributed by atoms with Crippen LogP contribution in [0.2, 0.25) is 0 Å². The highest BCUT2D eigenvalue weighted by atomic mass is 16.3. The summed E-state index contributed by atoms with van der Waals surface area (Å²) >= 11 is 0. The van der Waals surface area contributed by atoms with Gasteiger partial charge in [-0.05, 0) is 49.4 Å². The van der Waals surface area contributed by atoms with Crippen LogP contribution in [0.3, 0.4) is 0 Å². The Bertz CT molecular complexity index is 1500. The van der Waals surface area contributed by atoms with Crippen LogP contribution >= 0.6 is 0 Å². The van der Waals surface area contributed by atoms with Crippen molar-refractivity contribution < 1.29 is 19.5 Å². The first-order chi connectivity index (χ1) is 22.1. The molecule has 0 aromatic heterocycles. The fraction of sp³-hybridized carbons (Fsp3) is 0.410. The number of nitrogens with two attached hydrogens (primary N) is 1. The standard InChI is InChI=1S/C39H52N4O4/c1-28(25-39(4,5)40)22-35(45)42(6)34(24-30-18-20-32(21-19-30)31-16-12-9-13-17-31)37(47)43(7)33(23-29-14-10-8-11-15-29)36(46)41-26-38(2,3)27-44/h8-22,33-34,44H,23-27,40H2,1-7H3,(H,41,46)/b28-22+/t33-,34-/m1/s1. The number of amides is 3. The van der Waals surface area contributed by atoms with Gasteiger partial charge in [-0.1, -0.05) is 104 Å². The van der Waals surface area contributed by atoms with E-state index in [2.05, 4.69) is 5.32 Å². The zero-order valence-electron chi connectivity index (χ0n) is 29.0. The molecule has 3 rings (SSSR count). The molecule has 0 aliphatic rings. The maximum Gasteiger partial charge on any atom is 0.246 e. The predicted octanol–water partition coefficient (Wildman–Crippen LogP) is 5.00. The maximum absolute atomic E-state index is 14.5. The van der Waals surface area contributed by atoms with Gasteiger partial charge in [-0.25, -0.2) is 0 Å². The first-order valence-electron chi connectivity index (χ1n) is 16.2. The van der Waals surface area contributed by atoms with Gasteiger partial charge in [0.25, 0.3) is 0 Å². The van der Waals surface area contributed by atoms with E-state index in [9.17, 15) is 19.5 Å². The normalized spacial score (nSPS) is 13.4. The Morgan fingerprint density at radius 2 is 1.30 bits per heavy atom. The lowest BCUT2D eigenvalue weighted by Gasteiger charge is -2.35. The molecule has 0 saturated heterocycles. The number of aliphatic hydroxyl groups excluding tert-OH is 1. The van der Waals surface area contributed by atoms with Crippen LogP contribution in [-0.2, 0) is 27.2 Å². The summed E-state index contributed by atoms with van der Waals surface area (Å²) in [6.07, 6.45) is 2.61. The van der Waals surface area contributed by atoms with Gasteiger partial charge >= 0.3 is 0 Å². The van der Waals surface area contributed by atoms with Crippen LogP contribution in [0.1, 0.15) is 52.2 Å². The van der Waals surface area contributed by atoms with Gasteiger partial charge in [0.1, 0.15) is 12.1 Å². The first-order valence-corrected chi connectivity index (χ1v) is 16.2. The molecule has 0 aliphatic carbocycles. The second-order valence-electron chi connectivity index (χ2n) is 14.1. The Labute approximate surface area is 280 Å². The smallest absolute Gasteiger partial charge is 0.246 e. The van der Waals surface area contributed by atoms with Crippen LogP contribution < -0.4 is 11.1 Å². The number of aliphatic hydroxyl groups is 1. The Morgan fingerprint density at radius 1 is 0.787 bits per heavy atom. The molecule has 8 nitrogen and oxygen atoms in total. The minimum atomic E-state index is -0.884. The Morgan fingerprint density at radius 3 is 1.85 bits per heavy atom. The second kappa shape index (κ2) is 16.5. The van der Waals surface area contributed by atoms with Gasteiger partial charge in [-0.3, -0.25) is 14.4 Å². The SMILES string of the molecule is C/C(=C\C(=O)N(C)[C@H](Cc1ccc(-c2ccccc2)cc1)C(=O)N(C)[C@H](Cc1ccccc1)C(=O)NCC(C)(C)CO)CC(C)(C)N. The zero-order chi connectivity index (χ0) is 34.8. The van der Waals surface area contributed by atoms with Crippen molar-refractivity contribution in [3.8, 4) is 11.1 Å². The van der Waals surface area contributed by atoms with E-state index in [4.69, 9.17) is 5.73 Å². The number of carbonyl (C=O) groups excluding carboxylic acids is 3. The summed E-state index contributed by atoms with van der Waals surface area (Å²) in [6.45, 7) is 9.52. The van der Waals surface area contributed by atoms with Crippen molar-refractivity contribution in [2.24, 2.45) is 11.1 Å². The first kappa shape index (κ1) is 37.2. The molecule has 0 bridgehead atoms. The van der Waals surface area contributed by atoms with Crippen LogP contribution in [0.15, 0.2) is 96.6 Å². The fourth-order valence-electron chi connectivity index (χ4n) is 5.44. The summed E-state index contributed by atoms with van der Waals surface area (Å²) in [4.78, 5) is 44.7. The summed E-state index contributed by atoms with van der Waals surface area (Å²) in [6, 6.07) is 25.8. The van der Waals surface area contributed by atoms with E-state index in [1.54, 1.807) is 20.2 Å². The number of hydrogen-bond donors (Lipinski definition) is 3. The summed E-state index contributed by atoms with van der Waals surface area (Å²) in [5.74, 6) is -0.990. The quantitative estimate of drug-likeness (QED) is 0.202. The Kier molecular flexibility index (Phi) is 13.1. The summed E-state index contributed by atoms with van der Waals surface area (Å²) in [7, 11) is 3.25. The second-order valence-corrected chi connectivity index (χ2v) is 14.1. The average molecular weight is 641 g/mol. The summed E-state index contributed by atoms with van der Waals surface area (Å²) < 4.78 is 0. The van der Waals surface area contributed by atoms with E-state index in [0.29, 0.717) is 6.42 Å². The topological polar surface area (TPSA) is 116 Å². The summed E-state index contributed by atoms with van der Waals surface area (Å²) in [5.41, 5.74) is 9.91. The monoisotopic (exact) mass is 640 g/mol. The third-order valence-corrected chi connectivity index (χ3v) is 8.25. The molecule has 3 aromatic rings. The molecule has 3 amide bonds. The van der Waals surface area contributed by atoms with Gasteiger partial charge in [0.05, 0.1) is 0 Å². The number of nitrogens with zero attached hydrogens (tertiary/aromatic N) is 2. The van der Waals surface area contributed by atoms with E-state index < -0.39 is 23.0 Å². The van der Waals surface area contributed by atoms with Crippen molar-refractivity contribution in [2.45, 2.75) is 71.5 Å². The number of hydrogen-bond acceptors (Lipinski definition) is 5. The third-order valence-electron chi connectivity index (χ3n) is 8.25. The molecule has 0 spiro atoms. The molecule has 0 radical (unpaired) electrons. The van der Waals surface area contributed by atoms with Gasteiger partial charge in [0.2, 0.25) is 17.7 Å². The molecule has 0 heterocycles. The highest BCUT2D eigenvalue weighted by molar-refractivity contribution is 5.95. The molecule has 0 fully saturated rings. The van der Waals surface area contributed by atoms with Gasteiger partial charge in [0, 0.05) is 57.1 Å². The van der Waals surface area contributed by atoms with E-state index in [-0.39, 0.29) is 43.7 Å². The van der Waals surface area contributed by atoms with Gasteiger partial charge in [-0.2, -0.15) is 0 Å². The van der Waals surface area contributed by atoms with Crippen LogP contribution in [0, 0.1) is 5.41 Å². The van der Waals surface area contributed by atoms with Gasteiger partial charge in [-0.15, -0.1) is 0 Å². The highest BCUT2D eigenvalue weighted by Crippen LogP contribution is 2.22. The predicted molar refractivity (Wildman–Crippen MR) is 189 cm³/mol. The van der Waals surface area contributed by atoms with Crippen LogP contribution in [0.5, 0.6) is 0 Å². The van der Waals surface area contributed by atoms with E-state index in [1.807, 2.05) is 120 Å². The minimum absolute atomic E-state index is 0.0995. The molecule has 252 valence electrons. The Balaban J connectivity index is 1.96. The van der Waals surface area contributed by atoms with Crippen molar-refractivity contribution >= 4 is 17.7 Å². The van der Waals surface area contributed by atoms with Crippen LogP contribution in [0.25, 0.3) is 11.1 Å². The van der Waals surface area contributed by atoms with Crippen molar-refractivity contribution in [1.29, 1.82) is 0 Å². The van der Waals surface area contributed by atoms with Crippen LogP contribution in [0.4, 0.5) is 0 Å². The minimum Gasteiger partial charge on any atom is -0.396 e. The number of carbonyl (C=O) groups is 3. The van der Waals surface area contributed by atoms with E-state index in [1.165, 1.54) is 9.80 Å². The fourth-order valence-corrected chi connectivity index (χ4v) is 5.44. The van der Waals surface area contributed by atoms with Gasteiger partial charge < -0.3 is 26.0 Å². The van der Waals surface area contributed by atoms with Crippen molar-refractivity contribution in [3.63, 3.8) is 0 Å². The molecule has 4 N–H and O–H groups in total. The maximum atomic E-state index is 14.5. The molecule has 0 aliphatic heterocycles. The van der Waals surface area contributed by atoms with E-state index in [0.717, 1.165) is 27.8 Å². The number of benzene rings is 3. The number of likely N-dealkylation sites (N-methyl/N-ethyl adjacent to an activating group) is 2. The molecule has 0 saturated carbocycles. The lowest BCUT2D eigenvalue weighted by molar-refractivity contribution is -0.146. The van der Waals surface area contributed by atoms with Crippen molar-refractivity contribution in [2.75, 3.05) is 27.2 Å². The zero-order valence-corrected chi connectivity index (χ0v) is 29.0. The lowest BCUT2D eigenvalue weighted by atomic mass is 9.94. The number of rotatable bonds is 15. The third kappa shape index (κ3) is 11.5. The lowest BCUT2D eigenvalue weighted by Crippen LogP contribution is -2.56. The summed E-state index contributed by atoms with van der Waals surface area (Å²) in [5, 5.41) is 12.7. The van der Waals surface area contributed by atoms with E-state index >= 15 is 0 Å². The van der Waals surface area contributed by atoms with Crippen molar-refractivity contribution in [1.82, 2.24) is 15.1 Å². The molecule has 8 heteroatoms.